The highest BCUT2D eigenvalue weighted by Crippen LogP contribution is 2.44. The number of methoxy groups -OCH3 is 1. The Bertz CT molecular complexity index is 1320. The average molecular weight is 561 g/mol. The van der Waals surface area contributed by atoms with E-state index in [1.807, 2.05) is 78.9 Å². The average Bonchev–Trinajstić information content (AvgIpc) is 3.31. The largest absolute Gasteiger partial charge is 0.480 e. The van der Waals surface area contributed by atoms with Gasteiger partial charge < -0.3 is 30.0 Å². The van der Waals surface area contributed by atoms with Crippen LogP contribution < -0.4 is 10.6 Å². The van der Waals surface area contributed by atoms with Gasteiger partial charge in [-0.15, -0.1) is 0 Å². The summed E-state index contributed by atoms with van der Waals surface area (Å²) in [5.74, 6) is -2.13. The summed E-state index contributed by atoms with van der Waals surface area (Å²) in [4.78, 5) is 38.7. The number of fused-ring (bicyclic) bond motifs is 3. The van der Waals surface area contributed by atoms with Crippen LogP contribution in [0.5, 0.6) is 0 Å². The van der Waals surface area contributed by atoms with E-state index in [1.165, 1.54) is 7.11 Å². The number of ether oxygens (including phenoxy) is 3. The van der Waals surface area contributed by atoms with E-state index in [2.05, 4.69) is 10.6 Å². The van der Waals surface area contributed by atoms with Crippen LogP contribution in [0.4, 0.5) is 4.79 Å². The van der Waals surface area contributed by atoms with E-state index in [9.17, 15) is 19.5 Å². The van der Waals surface area contributed by atoms with Gasteiger partial charge >= 0.3 is 12.1 Å². The molecule has 0 spiro atoms. The minimum absolute atomic E-state index is 0.0658. The number of hydrogen-bond donors (Lipinski definition) is 3. The molecular weight excluding hydrogens is 524 g/mol. The Morgan fingerprint density at radius 1 is 0.927 bits per heavy atom. The van der Waals surface area contributed by atoms with Crippen molar-refractivity contribution in [3.63, 3.8) is 0 Å². The van der Waals surface area contributed by atoms with Crippen LogP contribution in [0.25, 0.3) is 11.1 Å². The lowest BCUT2D eigenvalue weighted by molar-refractivity contribution is -0.148. The number of nitrogens with one attached hydrogen (secondary N) is 2. The molecule has 1 unspecified atom stereocenters. The van der Waals surface area contributed by atoms with Gasteiger partial charge in [0.2, 0.25) is 5.91 Å². The van der Waals surface area contributed by atoms with Crippen molar-refractivity contribution in [2.45, 2.75) is 50.5 Å². The van der Waals surface area contributed by atoms with Crippen molar-refractivity contribution in [1.29, 1.82) is 0 Å². The standard InChI is InChI=1S/C32H36N2O7/c1-4-32(20-39-3,30(37)33-28(29(35)36)21(2)40-18-22-12-6-5-7-13-22)34-31(38)41-19-27-25-16-10-8-14-23(25)24-15-9-11-17-26(24)27/h5-17,21,27-28H,4,18-20H2,1-3H3,(H,33,37)(H,34,38)(H,35,36)/t21-,28+,32?/m1/s1. The third kappa shape index (κ3) is 6.75. The molecule has 3 N–H and O–H groups in total. The summed E-state index contributed by atoms with van der Waals surface area (Å²) >= 11 is 0. The summed E-state index contributed by atoms with van der Waals surface area (Å²) in [6, 6.07) is 23.9. The molecule has 216 valence electrons. The van der Waals surface area contributed by atoms with Gasteiger partial charge in [0.25, 0.3) is 0 Å². The molecule has 0 saturated carbocycles. The smallest absolute Gasteiger partial charge is 0.408 e. The number of amides is 2. The predicted octanol–water partition coefficient (Wildman–Crippen LogP) is 4.50. The predicted molar refractivity (Wildman–Crippen MR) is 153 cm³/mol. The Balaban J connectivity index is 1.43. The maximum atomic E-state index is 13.5. The Hall–Kier alpha value is -4.21. The highest BCUT2D eigenvalue weighted by molar-refractivity contribution is 5.93. The number of carboxylic acids is 1. The number of carboxylic acid groups (broad SMARTS) is 1. The molecule has 4 rings (SSSR count). The van der Waals surface area contributed by atoms with Crippen molar-refractivity contribution < 1.29 is 33.7 Å². The van der Waals surface area contributed by atoms with Crippen LogP contribution >= 0.6 is 0 Å². The van der Waals surface area contributed by atoms with Gasteiger partial charge in [-0.3, -0.25) is 4.79 Å². The number of aliphatic carboxylic acids is 1. The minimum atomic E-state index is -1.57. The number of benzene rings is 3. The van der Waals surface area contributed by atoms with Crippen molar-refractivity contribution >= 4 is 18.0 Å². The van der Waals surface area contributed by atoms with Gasteiger partial charge in [0.15, 0.2) is 6.04 Å². The molecule has 3 aromatic rings. The van der Waals surface area contributed by atoms with E-state index >= 15 is 0 Å². The SMILES string of the molecule is CCC(COC)(NC(=O)OCC1c2ccccc2-c2ccccc21)C(=O)N[C@H](C(=O)O)[C@@H](C)OCc1ccccc1. The lowest BCUT2D eigenvalue weighted by Gasteiger charge is -2.33. The first-order valence-electron chi connectivity index (χ1n) is 13.6. The maximum absolute atomic E-state index is 13.5. The Kier molecular flexibility index (Phi) is 9.75. The summed E-state index contributed by atoms with van der Waals surface area (Å²) in [7, 11) is 1.40. The quantitative estimate of drug-likeness (QED) is 0.281. The number of hydrogen-bond acceptors (Lipinski definition) is 6. The van der Waals surface area contributed by atoms with Crippen molar-refractivity contribution in [3.05, 3.63) is 95.6 Å². The Labute approximate surface area is 239 Å². The lowest BCUT2D eigenvalue weighted by atomic mass is 9.95. The molecule has 41 heavy (non-hydrogen) atoms. The topological polar surface area (TPSA) is 123 Å². The van der Waals surface area contributed by atoms with Crippen molar-refractivity contribution in [1.82, 2.24) is 10.6 Å². The van der Waals surface area contributed by atoms with Crippen LogP contribution in [0, 0.1) is 0 Å². The fourth-order valence-corrected chi connectivity index (χ4v) is 5.14. The van der Waals surface area contributed by atoms with Gasteiger partial charge in [-0.25, -0.2) is 9.59 Å². The molecule has 3 aromatic carbocycles. The fraction of sp³-hybridized carbons (Fsp3) is 0.344. The van der Waals surface area contributed by atoms with Crippen molar-refractivity contribution in [3.8, 4) is 11.1 Å². The van der Waals surface area contributed by atoms with Crippen LogP contribution in [0.3, 0.4) is 0 Å². The minimum Gasteiger partial charge on any atom is -0.480 e. The summed E-state index contributed by atoms with van der Waals surface area (Å²) in [5, 5.41) is 15.1. The van der Waals surface area contributed by atoms with E-state index in [0.717, 1.165) is 27.8 Å². The third-order valence-electron chi connectivity index (χ3n) is 7.49. The molecule has 3 atom stereocenters. The fourth-order valence-electron chi connectivity index (χ4n) is 5.14. The van der Waals surface area contributed by atoms with Gasteiger partial charge in [-0.05, 0) is 41.2 Å². The molecule has 0 radical (unpaired) electrons. The molecule has 0 bridgehead atoms. The zero-order chi connectivity index (χ0) is 29.4. The summed E-state index contributed by atoms with van der Waals surface area (Å²) in [5.41, 5.74) is 3.63. The highest BCUT2D eigenvalue weighted by atomic mass is 16.5. The van der Waals surface area contributed by atoms with Crippen LogP contribution in [0.15, 0.2) is 78.9 Å². The van der Waals surface area contributed by atoms with Crippen molar-refractivity contribution in [2.24, 2.45) is 0 Å². The molecule has 0 aromatic heterocycles. The van der Waals surface area contributed by atoms with E-state index in [-0.39, 0.29) is 32.2 Å². The van der Waals surface area contributed by atoms with Gasteiger partial charge in [-0.1, -0.05) is 85.8 Å². The first-order valence-corrected chi connectivity index (χ1v) is 13.6. The molecule has 2 amide bonds. The normalized spacial score (nSPS) is 15.1. The van der Waals surface area contributed by atoms with Gasteiger partial charge in [0.05, 0.1) is 19.3 Å². The molecular formula is C32H36N2O7. The molecule has 1 aliphatic carbocycles. The molecule has 0 aliphatic heterocycles. The zero-order valence-electron chi connectivity index (χ0n) is 23.5. The molecule has 9 heteroatoms. The molecule has 1 aliphatic rings. The van der Waals surface area contributed by atoms with Crippen LogP contribution in [0.1, 0.15) is 42.9 Å². The molecule has 0 heterocycles. The second kappa shape index (κ2) is 13.4. The van der Waals surface area contributed by atoms with E-state index < -0.39 is 35.7 Å². The molecule has 0 fully saturated rings. The van der Waals surface area contributed by atoms with Gasteiger partial charge in [0.1, 0.15) is 12.1 Å². The summed E-state index contributed by atoms with van der Waals surface area (Å²) < 4.78 is 16.7. The number of carbonyl (C=O) groups is 3. The van der Waals surface area contributed by atoms with Gasteiger partial charge in [0, 0.05) is 13.0 Å². The third-order valence-corrected chi connectivity index (χ3v) is 7.49. The van der Waals surface area contributed by atoms with Crippen molar-refractivity contribution in [2.75, 3.05) is 20.3 Å². The second-order valence-corrected chi connectivity index (χ2v) is 10.1. The highest BCUT2D eigenvalue weighted by Gasteiger charge is 2.42. The van der Waals surface area contributed by atoms with Crippen LogP contribution in [-0.2, 0) is 30.4 Å². The number of rotatable bonds is 13. The Morgan fingerprint density at radius 3 is 2.07 bits per heavy atom. The van der Waals surface area contributed by atoms with E-state index in [0.29, 0.717) is 0 Å². The first kappa shape index (κ1) is 29.8. The number of alkyl carbamates (subject to hydrolysis) is 1. The molecule has 0 saturated heterocycles. The lowest BCUT2D eigenvalue weighted by Crippen LogP contribution is -2.64. The van der Waals surface area contributed by atoms with E-state index in [4.69, 9.17) is 14.2 Å². The first-order chi connectivity index (χ1) is 19.8. The van der Waals surface area contributed by atoms with Crippen LogP contribution in [-0.4, -0.2) is 61.1 Å². The maximum Gasteiger partial charge on any atom is 0.408 e. The second-order valence-electron chi connectivity index (χ2n) is 10.1. The number of carbonyl (C=O) groups excluding carboxylic acids is 2. The zero-order valence-corrected chi connectivity index (χ0v) is 23.5. The van der Waals surface area contributed by atoms with E-state index in [1.54, 1.807) is 13.8 Å². The van der Waals surface area contributed by atoms with Crippen LogP contribution in [0.2, 0.25) is 0 Å². The summed E-state index contributed by atoms with van der Waals surface area (Å²) in [6.07, 6.45) is -1.54. The Morgan fingerprint density at radius 2 is 1.51 bits per heavy atom. The van der Waals surface area contributed by atoms with Gasteiger partial charge in [-0.2, -0.15) is 0 Å². The summed E-state index contributed by atoms with van der Waals surface area (Å²) in [6.45, 7) is 3.33. The monoisotopic (exact) mass is 560 g/mol. The molecule has 9 nitrogen and oxygen atoms in total.